The third kappa shape index (κ3) is 5.05. The van der Waals surface area contributed by atoms with E-state index in [0.717, 1.165) is 39.7 Å². The van der Waals surface area contributed by atoms with Crippen molar-refractivity contribution in [2.75, 3.05) is 20.3 Å². The van der Waals surface area contributed by atoms with Crippen molar-refractivity contribution in [2.45, 2.75) is 45.1 Å². The number of imidazole rings is 1. The number of benzene rings is 2. The largest absolute Gasteiger partial charge is 0.495 e. The van der Waals surface area contributed by atoms with E-state index in [2.05, 4.69) is 41.0 Å². The van der Waals surface area contributed by atoms with E-state index in [-0.39, 0.29) is 6.10 Å². The van der Waals surface area contributed by atoms with Crippen LogP contribution in [0.25, 0.3) is 22.3 Å². The number of ether oxygens (including phenoxy) is 3. The zero-order chi connectivity index (χ0) is 26.2. The Morgan fingerprint density at radius 3 is 2.76 bits per heavy atom. The Kier molecular flexibility index (Phi) is 7.14. The Labute approximate surface area is 223 Å². The molecule has 1 unspecified atom stereocenters. The molecule has 0 spiro atoms. The van der Waals surface area contributed by atoms with Gasteiger partial charge in [0.15, 0.2) is 0 Å². The van der Waals surface area contributed by atoms with Gasteiger partial charge in [-0.3, -0.25) is 0 Å². The maximum atomic E-state index is 9.62. The van der Waals surface area contributed by atoms with Crippen LogP contribution in [0.5, 0.6) is 5.75 Å². The number of aromatic nitrogens is 3. The van der Waals surface area contributed by atoms with E-state index < -0.39 is 8.07 Å². The number of hydrogen-bond acceptors (Lipinski definition) is 5. The molecule has 1 aliphatic rings. The second-order valence-corrected chi connectivity index (χ2v) is 16.5. The fourth-order valence-corrected chi connectivity index (χ4v) is 5.70. The van der Waals surface area contributed by atoms with Crippen LogP contribution in [-0.4, -0.2) is 42.5 Å². The first-order chi connectivity index (χ1) is 17.8. The van der Waals surface area contributed by atoms with Gasteiger partial charge in [0.25, 0.3) is 0 Å². The van der Waals surface area contributed by atoms with Crippen molar-refractivity contribution in [1.82, 2.24) is 14.1 Å². The lowest BCUT2D eigenvalue weighted by atomic mass is 10.1. The summed E-state index contributed by atoms with van der Waals surface area (Å²) in [5.74, 6) is 1.37. The van der Waals surface area contributed by atoms with Gasteiger partial charge in [-0.15, -0.1) is 0 Å². The van der Waals surface area contributed by atoms with Gasteiger partial charge in [0.2, 0.25) is 0 Å². The summed E-state index contributed by atoms with van der Waals surface area (Å²) in [7, 11) is 0.375. The molecule has 0 aliphatic carbocycles. The molecule has 37 heavy (non-hydrogen) atoms. The van der Waals surface area contributed by atoms with E-state index in [1.807, 2.05) is 36.4 Å². The number of hydrogen-bond donors (Lipinski definition) is 0. The molecule has 7 nitrogen and oxygen atoms in total. The van der Waals surface area contributed by atoms with Crippen molar-refractivity contribution in [3.8, 4) is 23.2 Å². The van der Waals surface area contributed by atoms with Gasteiger partial charge in [0, 0.05) is 43.4 Å². The Morgan fingerprint density at radius 1 is 1.22 bits per heavy atom. The third-order valence-electron chi connectivity index (χ3n) is 6.69. The molecule has 0 radical (unpaired) electrons. The maximum absolute atomic E-state index is 9.62. The van der Waals surface area contributed by atoms with Crippen LogP contribution < -0.4 is 4.74 Å². The first kappa shape index (κ1) is 25.6. The highest BCUT2D eigenvalue weighted by molar-refractivity contribution is 6.76. The van der Waals surface area contributed by atoms with Crippen LogP contribution in [-0.2, 0) is 22.7 Å². The van der Waals surface area contributed by atoms with Gasteiger partial charge in [0.05, 0.1) is 30.5 Å². The van der Waals surface area contributed by atoms with Crippen molar-refractivity contribution < 1.29 is 14.2 Å². The molecule has 4 aromatic rings. The number of methoxy groups -OCH3 is 1. The summed E-state index contributed by atoms with van der Waals surface area (Å²) in [5, 5.41) is 11.1. The highest BCUT2D eigenvalue weighted by atomic mass is 35.5. The van der Waals surface area contributed by atoms with E-state index in [4.69, 9.17) is 30.8 Å². The molecule has 0 saturated heterocycles. The van der Waals surface area contributed by atoms with Crippen molar-refractivity contribution in [2.24, 2.45) is 0 Å². The standard InChI is InChI=1S/C28H31ClN4O3Si/c1-34-26-19(16-30)9-10-24-21(26)15-25(33(24)18-35-13-14-37(2,3)4)23-17-32-11-12-36-27(28(32)31-23)20-7-5-6-8-22(20)29/h5-10,15,17,27H,11-14,18H2,1-4H3. The number of fused-ring (bicyclic) bond motifs is 2. The average molecular weight is 535 g/mol. The Balaban J connectivity index is 1.59. The lowest BCUT2D eigenvalue weighted by Gasteiger charge is -2.24. The Bertz CT molecular complexity index is 1480. The quantitative estimate of drug-likeness (QED) is 0.191. The number of halogens is 1. The average Bonchev–Trinajstić information content (AvgIpc) is 3.47. The minimum atomic E-state index is -1.22. The monoisotopic (exact) mass is 534 g/mol. The minimum absolute atomic E-state index is 0.346. The molecule has 0 bridgehead atoms. The zero-order valence-electron chi connectivity index (χ0n) is 21.6. The first-order valence-electron chi connectivity index (χ1n) is 12.4. The van der Waals surface area contributed by atoms with Crippen molar-refractivity contribution >= 4 is 30.6 Å². The number of nitriles is 1. The van der Waals surface area contributed by atoms with E-state index in [9.17, 15) is 5.26 Å². The SMILES string of the molecule is COc1c(C#N)ccc2c1cc(-c1cn3c(n1)C(c1ccccc1Cl)OCC3)n2COCC[Si](C)(C)C. The molecule has 2 aromatic heterocycles. The molecular formula is C28H31ClN4O3Si. The maximum Gasteiger partial charge on any atom is 0.146 e. The van der Waals surface area contributed by atoms with Gasteiger partial charge in [0.1, 0.15) is 36.2 Å². The summed E-state index contributed by atoms with van der Waals surface area (Å²) in [6.07, 6.45) is 1.72. The van der Waals surface area contributed by atoms with Crippen LogP contribution >= 0.6 is 11.6 Å². The van der Waals surface area contributed by atoms with Crippen molar-refractivity contribution in [1.29, 1.82) is 5.26 Å². The Hall–Kier alpha value is -3.09. The summed E-state index contributed by atoms with van der Waals surface area (Å²) in [5.41, 5.74) is 4.04. The molecule has 3 heterocycles. The minimum Gasteiger partial charge on any atom is -0.495 e. The lowest BCUT2D eigenvalue weighted by Crippen LogP contribution is -2.22. The Morgan fingerprint density at radius 2 is 2.03 bits per heavy atom. The molecule has 1 atom stereocenters. The van der Waals surface area contributed by atoms with Gasteiger partial charge >= 0.3 is 0 Å². The highest BCUT2D eigenvalue weighted by Gasteiger charge is 2.28. The van der Waals surface area contributed by atoms with Crippen LogP contribution in [0.2, 0.25) is 30.7 Å². The normalized spacial score (nSPS) is 15.5. The lowest BCUT2D eigenvalue weighted by molar-refractivity contribution is 0.0430. The molecule has 192 valence electrons. The van der Waals surface area contributed by atoms with Crippen LogP contribution in [0.3, 0.4) is 0 Å². The van der Waals surface area contributed by atoms with Crippen molar-refractivity contribution in [3.63, 3.8) is 0 Å². The fraction of sp³-hybridized carbons (Fsp3) is 0.357. The van der Waals surface area contributed by atoms with Gasteiger partial charge in [-0.05, 0) is 30.3 Å². The highest BCUT2D eigenvalue weighted by Crippen LogP contribution is 2.38. The summed E-state index contributed by atoms with van der Waals surface area (Å²) in [4.78, 5) is 5.05. The molecule has 0 saturated carbocycles. The van der Waals surface area contributed by atoms with E-state index in [1.54, 1.807) is 13.2 Å². The second kappa shape index (κ2) is 10.3. The third-order valence-corrected chi connectivity index (χ3v) is 8.73. The van der Waals surface area contributed by atoms with E-state index in [0.29, 0.717) is 42.8 Å². The smallest absolute Gasteiger partial charge is 0.146 e. The van der Waals surface area contributed by atoms with Gasteiger partial charge in [-0.2, -0.15) is 5.26 Å². The molecule has 5 rings (SSSR count). The number of nitrogens with zero attached hydrogens (tertiary/aromatic N) is 4. The van der Waals surface area contributed by atoms with Crippen LogP contribution in [0, 0.1) is 11.3 Å². The predicted octanol–water partition coefficient (Wildman–Crippen LogP) is 6.47. The van der Waals surface area contributed by atoms with Crippen LogP contribution in [0.15, 0.2) is 48.7 Å². The van der Waals surface area contributed by atoms with Crippen molar-refractivity contribution in [3.05, 3.63) is 70.6 Å². The molecule has 9 heteroatoms. The van der Waals surface area contributed by atoms with Crippen LogP contribution in [0.1, 0.15) is 23.1 Å². The topological polar surface area (TPSA) is 74.2 Å². The van der Waals surface area contributed by atoms with Crippen LogP contribution in [0.4, 0.5) is 0 Å². The van der Waals surface area contributed by atoms with E-state index in [1.165, 1.54) is 0 Å². The van der Waals surface area contributed by atoms with Gasteiger partial charge < -0.3 is 23.3 Å². The zero-order valence-corrected chi connectivity index (χ0v) is 23.4. The molecule has 2 aromatic carbocycles. The van der Waals surface area contributed by atoms with Gasteiger partial charge in [-0.25, -0.2) is 4.98 Å². The van der Waals surface area contributed by atoms with E-state index >= 15 is 0 Å². The molecule has 0 N–H and O–H groups in total. The summed E-state index contributed by atoms with van der Waals surface area (Å²) in [6, 6.07) is 16.8. The summed E-state index contributed by atoms with van der Waals surface area (Å²) < 4.78 is 22.2. The predicted molar refractivity (Wildman–Crippen MR) is 148 cm³/mol. The molecular weight excluding hydrogens is 504 g/mol. The fourth-order valence-electron chi connectivity index (χ4n) is 4.70. The molecule has 1 aliphatic heterocycles. The second-order valence-electron chi connectivity index (χ2n) is 10.4. The summed E-state index contributed by atoms with van der Waals surface area (Å²) >= 11 is 6.52. The molecule has 0 amide bonds. The first-order valence-corrected chi connectivity index (χ1v) is 16.5. The molecule has 0 fully saturated rings. The van der Waals surface area contributed by atoms with Gasteiger partial charge in [-0.1, -0.05) is 49.4 Å². The number of rotatable bonds is 8. The summed E-state index contributed by atoms with van der Waals surface area (Å²) in [6.45, 7) is 9.38.